The summed E-state index contributed by atoms with van der Waals surface area (Å²) in [6, 6.07) is -0.945. The maximum absolute atomic E-state index is 13.2. The zero-order valence-corrected chi connectivity index (χ0v) is 28.6. The summed E-state index contributed by atoms with van der Waals surface area (Å²) in [6.45, 7) is 14.5. The molecule has 10 heteroatoms. The van der Waals surface area contributed by atoms with Crippen molar-refractivity contribution in [2.45, 2.75) is 72.8 Å². The quantitative estimate of drug-likeness (QED) is 0.237. The molecule has 7 rings (SSSR count). The highest BCUT2D eigenvalue weighted by Crippen LogP contribution is 2.46. The molecule has 0 spiro atoms. The fourth-order valence-electron chi connectivity index (χ4n) is 7.73. The topological polar surface area (TPSA) is 158 Å². The average molecular weight is 656 g/mol. The van der Waals surface area contributed by atoms with Gasteiger partial charge in [-0.05, 0) is 74.1 Å². The summed E-state index contributed by atoms with van der Waals surface area (Å²) in [7, 11) is 0. The van der Waals surface area contributed by atoms with Gasteiger partial charge in [0.25, 0.3) is 0 Å². The lowest BCUT2D eigenvalue weighted by Crippen LogP contribution is -2.38. The van der Waals surface area contributed by atoms with Crippen molar-refractivity contribution in [1.82, 2.24) is 15.3 Å². The largest absolute Gasteiger partial charge is 0.511 e. The van der Waals surface area contributed by atoms with Crippen LogP contribution in [0.15, 0.2) is 132 Å². The molecule has 6 heterocycles. The standard InChI is InChI=1S/C39H41N7O3/c1-7-23-18(3)28-13-30-20(5)25(9-10-34(47)39(49)27(40)11-22-16-41-17-42-22)37(45-30)26-12-35(48)36-21(6)31(46-38(26)36)15-33-24(8-2)19(4)29(44-33)14-32(23)43-28/h7,13-17,20,25,27,45,48H,1,8-12,40H2,2-6H3,(H,41,42)/t20-,25-,27-/m0/s1. The van der Waals surface area contributed by atoms with Crippen LogP contribution in [-0.2, 0) is 16.0 Å². The monoisotopic (exact) mass is 655 g/mol. The van der Waals surface area contributed by atoms with E-state index in [1.54, 1.807) is 6.20 Å². The van der Waals surface area contributed by atoms with Gasteiger partial charge in [-0.15, -0.1) is 0 Å². The number of nitrogens with two attached hydrogens (primary N) is 1. The van der Waals surface area contributed by atoms with Crippen molar-refractivity contribution in [2.24, 2.45) is 32.5 Å². The fourth-order valence-corrected chi connectivity index (χ4v) is 7.73. The third-order valence-electron chi connectivity index (χ3n) is 10.6. The van der Waals surface area contributed by atoms with Gasteiger partial charge in [-0.3, -0.25) is 9.59 Å². The number of nitrogens with one attached hydrogen (secondary N) is 2. The van der Waals surface area contributed by atoms with Crippen molar-refractivity contribution >= 4 is 28.7 Å². The normalized spacial score (nSPS) is 23.5. The Labute approximate surface area is 285 Å². The van der Waals surface area contributed by atoms with Crippen LogP contribution >= 0.6 is 0 Å². The smallest absolute Gasteiger partial charge is 0.215 e. The number of carbonyl (C=O) groups is 2. The number of ketones is 2. The second-order valence-corrected chi connectivity index (χ2v) is 13.4. The van der Waals surface area contributed by atoms with E-state index in [0.717, 1.165) is 91.1 Å². The van der Waals surface area contributed by atoms with E-state index >= 15 is 0 Å². The van der Waals surface area contributed by atoms with Crippen LogP contribution in [0, 0.1) is 11.8 Å². The van der Waals surface area contributed by atoms with Gasteiger partial charge in [0.2, 0.25) is 5.78 Å². The molecule has 1 aromatic rings. The lowest BCUT2D eigenvalue weighted by atomic mass is 9.85. The second-order valence-electron chi connectivity index (χ2n) is 13.4. The lowest BCUT2D eigenvalue weighted by molar-refractivity contribution is -0.137. The molecule has 250 valence electrons. The molecule has 1 saturated heterocycles. The number of aromatic nitrogens is 2. The van der Waals surface area contributed by atoms with E-state index in [2.05, 4.69) is 48.7 Å². The molecular weight excluding hydrogens is 614 g/mol. The van der Waals surface area contributed by atoms with Crippen LogP contribution in [0.2, 0.25) is 0 Å². The van der Waals surface area contributed by atoms with Crippen LogP contribution < -0.4 is 11.1 Å². The highest BCUT2D eigenvalue weighted by atomic mass is 16.3. The minimum atomic E-state index is -0.945. The van der Waals surface area contributed by atoms with E-state index in [1.165, 1.54) is 6.33 Å². The summed E-state index contributed by atoms with van der Waals surface area (Å²) in [4.78, 5) is 48.4. The minimum absolute atomic E-state index is 0.0442. The fraction of sp³-hybridized carbons (Fsp3) is 0.333. The highest BCUT2D eigenvalue weighted by Gasteiger charge is 2.41. The van der Waals surface area contributed by atoms with Crippen LogP contribution in [0.1, 0.15) is 66.0 Å². The number of fused-ring (bicyclic) bond motifs is 5. The number of carbonyl (C=O) groups excluding carboxylic acids is 2. The van der Waals surface area contributed by atoms with Crippen LogP contribution in [0.3, 0.4) is 0 Å². The van der Waals surface area contributed by atoms with E-state index in [4.69, 9.17) is 20.7 Å². The summed E-state index contributed by atoms with van der Waals surface area (Å²) < 4.78 is 0. The first-order chi connectivity index (χ1) is 23.5. The Hall–Kier alpha value is -5.22. The maximum atomic E-state index is 13.2. The predicted octanol–water partition coefficient (Wildman–Crippen LogP) is 6.06. The van der Waals surface area contributed by atoms with Crippen LogP contribution in [0.25, 0.3) is 0 Å². The van der Waals surface area contributed by atoms with E-state index in [1.807, 2.05) is 32.1 Å². The number of Topliss-reactive ketones (excluding diaryl/α,β-unsaturated/α-hetero) is 2. The van der Waals surface area contributed by atoms with Gasteiger partial charge in [0.15, 0.2) is 5.78 Å². The highest BCUT2D eigenvalue weighted by molar-refractivity contribution is 6.39. The SMILES string of the molecule is C=CC1=C(C)C2=NC1=CC1=NC(=CC3=C(C)C4=C(O)CC(=C5NC(=C2)[C@@H](C)[C@@H]5CCC(=O)C(=O)[C@@H](N)Cc2cnc[nH]2)C4=N3)C(CC)=C1C. The number of rotatable bonds is 9. The molecule has 0 aromatic carbocycles. The zero-order chi connectivity index (χ0) is 34.7. The third-order valence-corrected chi connectivity index (χ3v) is 10.6. The molecule has 10 nitrogen and oxygen atoms in total. The number of H-pyrrole nitrogens is 1. The van der Waals surface area contributed by atoms with Crippen molar-refractivity contribution in [3.05, 3.63) is 122 Å². The molecule has 6 aliphatic rings. The Balaban J connectivity index is 1.31. The lowest BCUT2D eigenvalue weighted by Gasteiger charge is -2.18. The molecule has 5 aliphatic heterocycles. The Morgan fingerprint density at radius 1 is 1.08 bits per heavy atom. The summed E-state index contributed by atoms with van der Waals surface area (Å²) in [5.41, 5.74) is 20.3. The molecule has 0 radical (unpaired) electrons. The first kappa shape index (κ1) is 32.3. The molecule has 0 saturated carbocycles. The summed E-state index contributed by atoms with van der Waals surface area (Å²) in [5.74, 6) is -0.997. The maximum Gasteiger partial charge on any atom is 0.215 e. The number of aliphatic imine (C=N–C) groups is 3. The Morgan fingerprint density at radius 2 is 1.84 bits per heavy atom. The van der Waals surface area contributed by atoms with Gasteiger partial charge >= 0.3 is 0 Å². The Kier molecular flexibility index (Phi) is 8.15. The van der Waals surface area contributed by atoms with Crippen LogP contribution in [0.5, 0.6) is 0 Å². The Bertz CT molecular complexity index is 2090. The first-order valence-electron chi connectivity index (χ1n) is 16.9. The van der Waals surface area contributed by atoms with Crippen molar-refractivity contribution in [3.63, 3.8) is 0 Å². The van der Waals surface area contributed by atoms with Crippen LogP contribution in [-0.4, -0.2) is 49.8 Å². The number of allylic oxidation sites excluding steroid dienone is 12. The van der Waals surface area contributed by atoms with Gasteiger partial charge < -0.3 is 21.1 Å². The molecule has 1 aromatic heterocycles. The zero-order valence-electron chi connectivity index (χ0n) is 28.6. The van der Waals surface area contributed by atoms with Gasteiger partial charge in [-0.25, -0.2) is 20.0 Å². The predicted molar refractivity (Wildman–Crippen MR) is 192 cm³/mol. The van der Waals surface area contributed by atoms with E-state index in [0.29, 0.717) is 18.5 Å². The number of nitrogens with zero attached hydrogens (tertiary/aromatic N) is 4. The summed E-state index contributed by atoms with van der Waals surface area (Å²) >= 11 is 0. The van der Waals surface area contributed by atoms with Gasteiger partial charge in [0.05, 0.1) is 46.6 Å². The van der Waals surface area contributed by atoms with Crippen molar-refractivity contribution in [3.8, 4) is 0 Å². The van der Waals surface area contributed by atoms with E-state index < -0.39 is 17.6 Å². The first-order valence-corrected chi connectivity index (χ1v) is 16.9. The number of aromatic amines is 1. The Morgan fingerprint density at radius 3 is 2.55 bits per heavy atom. The van der Waals surface area contributed by atoms with E-state index in [9.17, 15) is 14.7 Å². The molecule has 0 amide bonds. The number of aliphatic hydroxyl groups is 1. The molecule has 8 bridgehead atoms. The average Bonchev–Trinajstić information content (AvgIpc) is 3.91. The van der Waals surface area contributed by atoms with Gasteiger partial charge in [-0.2, -0.15) is 0 Å². The molecule has 1 fully saturated rings. The molecule has 5 N–H and O–H groups in total. The van der Waals surface area contributed by atoms with Crippen molar-refractivity contribution < 1.29 is 14.7 Å². The summed E-state index contributed by atoms with van der Waals surface area (Å²) in [5, 5.41) is 15.0. The van der Waals surface area contributed by atoms with Gasteiger partial charge in [0.1, 0.15) is 5.76 Å². The number of hydrogen-bond acceptors (Lipinski definition) is 9. The number of imidazole rings is 1. The second kappa shape index (κ2) is 12.3. The van der Waals surface area contributed by atoms with Gasteiger partial charge in [-0.1, -0.05) is 26.5 Å². The van der Waals surface area contributed by atoms with Crippen LogP contribution in [0.4, 0.5) is 0 Å². The molecular formula is C39H41N7O3. The molecule has 1 aliphatic carbocycles. The van der Waals surface area contributed by atoms with Gasteiger partial charge in [0, 0.05) is 71.1 Å². The minimum Gasteiger partial charge on any atom is -0.511 e. The number of aliphatic hydroxyl groups excluding tert-OH is 1. The molecule has 0 unspecified atom stereocenters. The molecule has 3 atom stereocenters. The molecule has 49 heavy (non-hydrogen) atoms. The number of hydrogen-bond donors (Lipinski definition) is 4. The van der Waals surface area contributed by atoms with Crippen molar-refractivity contribution in [2.75, 3.05) is 0 Å². The third kappa shape index (κ3) is 5.40. The van der Waals surface area contributed by atoms with E-state index in [-0.39, 0.29) is 30.4 Å². The van der Waals surface area contributed by atoms with Crippen molar-refractivity contribution in [1.29, 1.82) is 0 Å². The summed E-state index contributed by atoms with van der Waals surface area (Å²) in [6.07, 6.45) is 12.9.